The first-order valence-corrected chi connectivity index (χ1v) is 9.05. The average molecular weight is 355 g/mol. The number of nitrogen functional groups attached to an aromatic ring is 1. The number of thioether (sulfide) groups is 1. The molecule has 5 nitrogen and oxygen atoms in total. The van der Waals surface area contributed by atoms with Gasteiger partial charge in [0.25, 0.3) is 0 Å². The topological polar surface area (TPSA) is 72.1 Å². The normalized spacial score (nSPS) is 17.9. The van der Waals surface area contributed by atoms with Crippen molar-refractivity contribution < 1.29 is 4.79 Å². The van der Waals surface area contributed by atoms with Crippen molar-refractivity contribution in [2.75, 3.05) is 24.6 Å². The van der Waals surface area contributed by atoms with Gasteiger partial charge in [-0.1, -0.05) is 52.9 Å². The highest BCUT2D eigenvalue weighted by molar-refractivity contribution is 8.01. The van der Waals surface area contributed by atoms with Crippen molar-refractivity contribution in [2.24, 2.45) is 0 Å². The van der Waals surface area contributed by atoms with Crippen LogP contribution < -0.4 is 5.73 Å². The molecule has 2 aromatic rings. The monoisotopic (exact) mass is 354 g/mol. The molecule has 0 unspecified atom stereocenters. The molecule has 1 aliphatic rings. The maximum atomic E-state index is 12.3. The quantitative estimate of drug-likeness (QED) is 0.855. The van der Waals surface area contributed by atoms with Gasteiger partial charge in [0, 0.05) is 24.0 Å². The maximum absolute atomic E-state index is 12.3. The molecule has 0 spiro atoms. The predicted octanol–water partition coefficient (Wildman–Crippen LogP) is 2.88. The van der Waals surface area contributed by atoms with Crippen LogP contribution >= 0.6 is 34.7 Å². The number of halogens is 1. The van der Waals surface area contributed by atoms with Gasteiger partial charge >= 0.3 is 0 Å². The highest BCUT2D eigenvalue weighted by Crippen LogP contribution is 2.32. The zero-order valence-electron chi connectivity index (χ0n) is 11.7. The third-order valence-corrected chi connectivity index (χ3v) is 5.84. The number of anilines is 1. The number of carbonyl (C=O) groups excluding carboxylic acids is 1. The largest absolute Gasteiger partial charge is 0.374 e. The van der Waals surface area contributed by atoms with Gasteiger partial charge in [0.05, 0.1) is 5.75 Å². The Morgan fingerprint density at radius 3 is 3.00 bits per heavy atom. The lowest BCUT2D eigenvalue weighted by atomic mass is 9.98. The van der Waals surface area contributed by atoms with Crippen molar-refractivity contribution >= 4 is 45.7 Å². The summed E-state index contributed by atoms with van der Waals surface area (Å²) in [6, 6.07) is 7.85. The van der Waals surface area contributed by atoms with E-state index in [0.29, 0.717) is 16.8 Å². The smallest absolute Gasteiger partial charge is 0.233 e. The van der Waals surface area contributed by atoms with Crippen molar-refractivity contribution in [3.8, 4) is 0 Å². The van der Waals surface area contributed by atoms with Gasteiger partial charge in [0.15, 0.2) is 4.34 Å². The van der Waals surface area contributed by atoms with Gasteiger partial charge in [-0.15, -0.1) is 10.2 Å². The van der Waals surface area contributed by atoms with Gasteiger partial charge in [-0.2, -0.15) is 0 Å². The molecule has 2 heterocycles. The van der Waals surface area contributed by atoms with Crippen LogP contribution in [-0.2, 0) is 4.79 Å². The van der Waals surface area contributed by atoms with E-state index in [4.69, 9.17) is 17.3 Å². The number of amides is 1. The molecule has 22 heavy (non-hydrogen) atoms. The molecule has 1 atom stereocenters. The summed E-state index contributed by atoms with van der Waals surface area (Å²) in [5.41, 5.74) is 6.66. The molecule has 3 rings (SSSR count). The van der Waals surface area contributed by atoms with E-state index in [2.05, 4.69) is 10.2 Å². The molecule has 1 saturated heterocycles. The van der Waals surface area contributed by atoms with Crippen molar-refractivity contribution in [3.63, 3.8) is 0 Å². The number of likely N-dealkylation sites (tertiary alicyclic amines) is 1. The van der Waals surface area contributed by atoms with Crippen LogP contribution in [0.5, 0.6) is 0 Å². The molecular weight excluding hydrogens is 340 g/mol. The van der Waals surface area contributed by atoms with Crippen molar-refractivity contribution in [1.29, 1.82) is 0 Å². The van der Waals surface area contributed by atoms with E-state index in [1.807, 2.05) is 29.2 Å². The molecule has 1 aliphatic heterocycles. The van der Waals surface area contributed by atoms with Crippen LogP contribution in [0.1, 0.15) is 17.9 Å². The lowest BCUT2D eigenvalue weighted by molar-refractivity contribution is -0.127. The van der Waals surface area contributed by atoms with Crippen molar-refractivity contribution in [2.45, 2.75) is 16.7 Å². The summed E-state index contributed by atoms with van der Waals surface area (Å²) >= 11 is 8.93. The van der Waals surface area contributed by atoms with Crippen molar-refractivity contribution in [1.82, 2.24) is 15.1 Å². The van der Waals surface area contributed by atoms with Gasteiger partial charge in [-0.25, -0.2) is 0 Å². The van der Waals surface area contributed by atoms with E-state index in [-0.39, 0.29) is 5.91 Å². The third kappa shape index (κ3) is 3.53. The lowest BCUT2D eigenvalue weighted by Crippen LogP contribution is -2.30. The molecule has 1 aromatic heterocycles. The first-order chi connectivity index (χ1) is 10.6. The maximum Gasteiger partial charge on any atom is 0.233 e. The minimum atomic E-state index is 0.119. The number of aromatic nitrogens is 2. The predicted molar refractivity (Wildman–Crippen MR) is 90.4 cm³/mol. The SMILES string of the molecule is Nc1nnc(SCC(=O)N2CC[C@H](c3ccccc3Cl)C2)s1. The van der Waals surface area contributed by atoms with Crippen LogP contribution in [0.3, 0.4) is 0 Å². The average Bonchev–Trinajstić information content (AvgIpc) is 3.14. The summed E-state index contributed by atoms with van der Waals surface area (Å²) < 4.78 is 0.729. The number of rotatable bonds is 4. The zero-order valence-corrected chi connectivity index (χ0v) is 14.1. The molecular formula is C14H15ClN4OS2. The Hall–Kier alpha value is -1.31. The summed E-state index contributed by atoms with van der Waals surface area (Å²) in [6.45, 7) is 1.49. The fourth-order valence-electron chi connectivity index (χ4n) is 2.54. The van der Waals surface area contributed by atoms with E-state index < -0.39 is 0 Å². The molecule has 0 bridgehead atoms. The van der Waals surface area contributed by atoms with E-state index in [9.17, 15) is 4.79 Å². The van der Waals surface area contributed by atoms with Crippen LogP contribution in [0, 0.1) is 0 Å². The Morgan fingerprint density at radius 2 is 2.27 bits per heavy atom. The minimum Gasteiger partial charge on any atom is -0.374 e. The zero-order chi connectivity index (χ0) is 15.5. The Kier molecular flexibility index (Phi) is 4.85. The fourth-order valence-corrected chi connectivity index (χ4v) is 4.37. The number of nitrogens with zero attached hydrogens (tertiary/aromatic N) is 3. The number of carbonyl (C=O) groups is 1. The molecule has 0 radical (unpaired) electrons. The number of benzene rings is 1. The highest BCUT2D eigenvalue weighted by Gasteiger charge is 2.28. The first-order valence-electron chi connectivity index (χ1n) is 6.87. The molecule has 2 N–H and O–H groups in total. The van der Waals surface area contributed by atoms with Gasteiger partial charge < -0.3 is 10.6 Å². The third-order valence-electron chi connectivity index (χ3n) is 3.63. The minimum absolute atomic E-state index is 0.119. The Balaban J connectivity index is 1.56. The van der Waals surface area contributed by atoms with Gasteiger partial charge in [0.2, 0.25) is 11.0 Å². The Bertz CT molecular complexity index is 678. The van der Waals surface area contributed by atoms with Crippen LogP contribution in [-0.4, -0.2) is 39.8 Å². The van der Waals surface area contributed by atoms with Gasteiger partial charge in [-0.3, -0.25) is 4.79 Å². The van der Waals surface area contributed by atoms with Crippen LogP contribution in [0.25, 0.3) is 0 Å². The van der Waals surface area contributed by atoms with Gasteiger partial charge in [-0.05, 0) is 18.1 Å². The standard InChI is InChI=1S/C14H15ClN4OS2/c15-11-4-2-1-3-10(11)9-5-6-19(7-9)12(20)8-21-14-18-17-13(16)22-14/h1-4,9H,5-8H2,(H2,16,17)/t9-/m0/s1. The fraction of sp³-hybridized carbons (Fsp3) is 0.357. The van der Waals surface area contributed by atoms with Crippen LogP contribution in [0.2, 0.25) is 5.02 Å². The number of hydrogen-bond acceptors (Lipinski definition) is 6. The van der Waals surface area contributed by atoms with Crippen molar-refractivity contribution in [3.05, 3.63) is 34.9 Å². The number of nitrogens with two attached hydrogens (primary N) is 1. The van der Waals surface area contributed by atoms with Gasteiger partial charge in [0.1, 0.15) is 0 Å². The summed E-state index contributed by atoms with van der Waals surface area (Å²) in [5.74, 6) is 0.803. The van der Waals surface area contributed by atoms with Crippen LogP contribution in [0.4, 0.5) is 5.13 Å². The Labute approximate surface area is 141 Å². The summed E-state index contributed by atoms with van der Waals surface area (Å²) in [7, 11) is 0. The summed E-state index contributed by atoms with van der Waals surface area (Å²) in [6.07, 6.45) is 0.950. The second-order valence-corrected chi connectivity index (χ2v) is 7.68. The molecule has 0 aliphatic carbocycles. The highest BCUT2D eigenvalue weighted by atomic mass is 35.5. The summed E-state index contributed by atoms with van der Waals surface area (Å²) in [5, 5.41) is 8.85. The van der Waals surface area contributed by atoms with Crippen LogP contribution in [0.15, 0.2) is 28.6 Å². The number of hydrogen-bond donors (Lipinski definition) is 1. The van der Waals surface area contributed by atoms with E-state index >= 15 is 0 Å². The first kappa shape index (κ1) is 15.6. The second kappa shape index (κ2) is 6.85. The van der Waals surface area contributed by atoms with E-state index in [0.717, 1.165) is 34.4 Å². The summed E-state index contributed by atoms with van der Waals surface area (Å²) in [4.78, 5) is 14.2. The van der Waals surface area contributed by atoms with E-state index in [1.54, 1.807) is 0 Å². The molecule has 0 saturated carbocycles. The molecule has 1 amide bonds. The molecule has 116 valence electrons. The second-order valence-electron chi connectivity index (χ2n) is 5.04. The molecule has 8 heteroatoms. The Morgan fingerprint density at radius 1 is 1.45 bits per heavy atom. The molecule has 1 fully saturated rings. The lowest BCUT2D eigenvalue weighted by Gasteiger charge is -2.16. The van der Waals surface area contributed by atoms with E-state index in [1.165, 1.54) is 23.1 Å². The molecule has 1 aromatic carbocycles.